The summed E-state index contributed by atoms with van der Waals surface area (Å²) in [6.45, 7) is 4.33. The molecule has 0 bridgehead atoms. The van der Waals surface area contributed by atoms with Gasteiger partial charge in [-0.3, -0.25) is 18.6 Å². The number of phosphoric ester groups is 1. The molecule has 0 heterocycles. The molecule has 2 atom stereocenters. The Morgan fingerprint density at radius 1 is 0.348 bits per heavy atom. The zero-order valence-electron chi connectivity index (χ0n) is 60.8. The van der Waals surface area contributed by atoms with Crippen LogP contribution in [0.2, 0.25) is 0 Å². The Kier molecular flexibility index (Phi) is 69.3. The molecule has 0 aromatic heterocycles. The number of quaternary nitrogens is 1. The van der Waals surface area contributed by atoms with Crippen molar-refractivity contribution in [2.45, 2.75) is 354 Å². The lowest BCUT2D eigenvalue weighted by Gasteiger charge is -2.24. The highest BCUT2D eigenvalue weighted by molar-refractivity contribution is 7.47. The Labute approximate surface area is 569 Å². The summed E-state index contributed by atoms with van der Waals surface area (Å²) in [5.41, 5.74) is 0. The van der Waals surface area contributed by atoms with E-state index >= 15 is 0 Å². The lowest BCUT2D eigenvalue weighted by Crippen LogP contribution is -2.37. The van der Waals surface area contributed by atoms with Gasteiger partial charge in [0.2, 0.25) is 0 Å². The van der Waals surface area contributed by atoms with E-state index in [9.17, 15) is 19.0 Å². The molecule has 1 N–H and O–H groups in total. The van der Waals surface area contributed by atoms with Crippen LogP contribution in [0.15, 0.2) is 109 Å². The maximum Gasteiger partial charge on any atom is 0.472 e. The van der Waals surface area contributed by atoms with Crippen molar-refractivity contribution in [2.75, 3.05) is 47.5 Å². The summed E-state index contributed by atoms with van der Waals surface area (Å²) in [7, 11) is 1.47. The lowest BCUT2D eigenvalue weighted by molar-refractivity contribution is -0.870. The van der Waals surface area contributed by atoms with Crippen LogP contribution in [-0.2, 0) is 32.7 Å². The van der Waals surface area contributed by atoms with Crippen molar-refractivity contribution >= 4 is 19.8 Å². The van der Waals surface area contributed by atoms with Crippen molar-refractivity contribution in [1.82, 2.24) is 0 Å². The quantitative estimate of drug-likeness (QED) is 0.0211. The number of esters is 2. The lowest BCUT2D eigenvalue weighted by atomic mass is 10.0. The van der Waals surface area contributed by atoms with Crippen LogP contribution in [0.4, 0.5) is 0 Å². The van der Waals surface area contributed by atoms with E-state index in [-0.39, 0.29) is 32.0 Å². The first-order chi connectivity index (χ1) is 45.0. The summed E-state index contributed by atoms with van der Waals surface area (Å²) < 4.78 is 34.8. The number of phosphoric acid groups is 1. The van der Waals surface area contributed by atoms with Crippen molar-refractivity contribution in [1.29, 1.82) is 0 Å². The monoisotopic (exact) mass is 1310 g/mol. The van der Waals surface area contributed by atoms with Crippen molar-refractivity contribution < 1.29 is 42.1 Å². The third kappa shape index (κ3) is 75.7. The molecule has 0 saturated heterocycles. The Morgan fingerprint density at radius 2 is 0.620 bits per heavy atom. The summed E-state index contributed by atoms with van der Waals surface area (Å²) in [6.07, 6.45) is 102. The molecule has 9 nitrogen and oxygen atoms in total. The zero-order valence-corrected chi connectivity index (χ0v) is 61.7. The summed E-state index contributed by atoms with van der Waals surface area (Å²) in [4.78, 5) is 35.9. The number of rotatable bonds is 71. The molecule has 2 unspecified atom stereocenters. The van der Waals surface area contributed by atoms with Crippen LogP contribution in [0.25, 0.3) is 0 Å². The summed E-state index contributed by atoms with van der Waals surface area (Å²) >= 11 is 0. The van der Waals surface area contributed by atoms with E-state index in [4.69, 9.17) is 18.5 Å². The van der Waals surface area contributed by atoms with Gasteiger partial charge < -0.3 is 18.9 Å². The van der Waals surface area contributed by atoms with Gasteiger partial charge in [0.25, 0.3) is 0 Å². The van der Waals surface area contributed by atoms with Crippen molar-refractivity contribution in [3.63, 3.8) is 0 Å². The Bertz CT molecular complexity index is 1920. The second kappa shape index (κ2) is 72.0. The van der Waals surface area contributed by atoms with Gasteiger partial charge in [-0.2, -0.15) is 0 Å². The molecule has 0 aliphatic rings. The molecule has 0 fully saturated rings. The number of ether oxygens (including phenoxy) is 2. The third-order valence-corrected chi connectivity index (χ3v) is 17.8. The molecule has 0 amide bonds. The first-order valence-electron chi connectivity index (χ1n) is 38.6. The second-order valence-electron chi connectivity index (χ2n) is 27.0. The zero-order chi connectivity index (χ0) is 66.9. The number of carbonyl (C=O) groups is 2. The Hall–Kier alpha value is -3.33. The molecule has 92 heavy (non-hydrogen) atoms. The number of hydrogen-bond acceptors (Lipinski definition) is 7. The van der Waals surface area contributed by atoms with Crippen LogP contribution in [0.5, 0.6) is 0 Å². The number of unbranched alkanes of at least 4 members (excludes halogenated alkanes) is 39. The molecule has 0 aromatic carbocycles. The second-order valence-corrected chi connectivity index (χ2v) is 28.5. The fourth-order valence-corrected chi connectivity index (χ4v) is 11.7. The van der Waals surface area contributed by atoms with E-state index in [0.29, 0.717) is 17.4 Å². The van der Waals surface area contributed by atoms with Crippen molar-refractivity contribution in [3.05, 3.63) is 109 Å². The van der Waals surface area contributed by atoms with Gasteiger partial charge in [-0.1, -0.05) is 342 Å². The number of nitrogens with zero attached hydrogens (tertiary/aromatic N) is 1. The average Bonchev–Trinajstić information content (AvgIpc) is 2.14. The van der Waals surface area contributed by atoms with E-state index in [1.54, 1.807) is 0 Å². The highest BCUT2D eigenvalue weighted by atomic mass is 31.2. The molecular formula is C82H147NO8P+. The minimum absolute atomic E-state index is 0.0259. The van der Waals surface area contributed by atoms with Gasteiger partial charge in [-0.25, -0.2) is 4.57 Å². The number of likely N-dealkylation sites (N-methyl/N-ethyl adjacent to an activating group) is 1. The molecule has 0 aromatic rings. The molecule has 0 rings (SSSR count). The van der Waals surface area contributed by atoms with Gasteiger partial charge in [-0.05, 0) is 103 Å². The SMILES string of the molecule is CC/C=C\C/C=C\C/C=C\C/C=C\C/C=C\C/C=C\C/C=C\CCCCCCCCCC(=O)OC(COC(=O)CCCCCCCCCCCCCCCCCCCCCCCCCCCCC/C=C\C/C=C\CCCCCCC)COP(=O)(O)OCC[N+](C)(C)C. The van der Waals surface area contributed by atoms with Crippen LogP contribution in [0.1, 0.15) is 348 Å². The molecule has 0 radical (unpaired) electrons. The summed E-state index contributed by atoms with van der Waals surface area (Å²) in [6, 6.07) is 0. The largest absolute Gasteiger partial charge is 0.472 e. The molecule has 0 aliphatic heterocycles. The van der Waals surface area contributed by atoms with Crippen LogP contribution in [0, 0.1) is 0 Å². The fourth-order valence-electron chi connectivity index (χ4n) is 10.9. The average molecular weight is 1310 g/mol. The highest BCUT2D eigenvalue weighted by Gasteiger charge is 2.27. The number of hydrogen-bond donors (Lipinski definition) is 1. The van der Waals surface area contributed by atoms with Crippen LogP contribution < -0.4 is 0 Å². The Balaban J connectivity index is 3.97. The van der Waals surface area contributed by atoms with Crippen LogP contribution >= 0.6 is 7.82 Å². The first-order valence-corrected chi connectivity index (χ1v) is 40.1. The van der Waals surface area contributed by atoms with E-state index in [0.717, 1.165) is 96.3 Å². The third-order valence-electron chi connectivity index (χ3n) is 16.8. The van der Waals surface area contributed by atoms with Gasteiger partial charge in [-0.15, -0.1) is 0 Å². The molecule has 0 aliphatic carbocycles. The molecule has 10 heteroatoms. The summed E-state index contributed by atoms with van der Waals surface area (Å²) in [5.74, 6) is -0.802. The van der Waals surface area contributed by atoms with E-state index in [1.807, 2.05) is 21.1 Å². The fraction of sp³-hybridized carbons (Fsp3) is 0.756. The van der Waals surface area contributed by atoms with Gasteiger partial charge >= 0.3 is 19.8 Å². The topological polar surface area (TPSA) is 108 Å². The normalized spacial score (nSPS) is 13.7. The molecular weight excluding hydrogens is 1160 g/mol. The standard InChI is InChI=1S/C82H146NO8P/c1-6-8-10-12-14-16-18-20-22-24-26-28-30-32-34-36-37-38-39-40-41-42-43-44-45-47-48-50-52-54-56-58-60-62-64-66-68-70-72-74-81(84)88-78-80(79-90-92(86,87)89-77-76-83(3,4)5)91-82(85)75-73-71-69-67-65-63-61-59-57-55-53-51-49-46-35-33-31-29-27-25-23-21-19-17-15-13-11-9-7-2/h9,11,15,17-18,20-21,23-24,26-27,29,33,35,49,51,55,57,80H,6-8,10,12-14,16,19,22,25,28,30-32,34,36-48,50,52-54,56,58-79H2,1-5H3/p+1/b11-9-,17-15-,20-18-,23-21-,26-24-,29-27-,35-33-,51-49-,57-55-. The maximum absolute atomic E-state index is 12.9. The highest BCUT2D eigenvalue weighted by Crippen LogP contribution is 2.43. The minimum atomic E-state index is -4.40. The van der Waals surface area contributed by atoms with Crippen molar-refractivity contribution in [2.24, 2.45) is 0 Å². The minimum Gasteiger partial charge on any atom is -0.462 e. The van der Waals surface area contributed by atoms with E-state index in [1.165, 1.54) is 218 Å². The van der Waals surface area contributed by atoms with Gasteiger partial charge in [0, 0.05) is 12.8 Å². The number of allylic oxidation sites excluding steroid dienone is 18. The van der Waals surface area contributed by atoms with E-state index in [2.05, 4.69) is 123 Å². The molecule has 0 spiro atoms. The van der Waals surface area contributed by atoms with Gasteiger partial charge in [0.15, 0.2) is 6.10 Å². The predicted molar refractivity (Wildman–Crippen MR) is 399 cm³/mol. The maximum atomic E-state index is 12.9. The van der Waals surface area contributed by atoms with Crippen LogP contribution in [0.3, 0.4) is 0 Å². The summed E-state index contributed by atoms with van der Waals surface area (Å²) in [5, 5.41) is 0. The Morgan fingerprint density at radius 3 is 0.924 bits per heavy atom. The number of carbonyl (C=O) groups excluding carboxylic acids is 2. The van der Waals surface area contributed by atoms with Crippen LogP contribution in [-0.4, -0.2) is 74.9 Å². The van der Waals surface area contributed by atoms with Crippen molar-refractivity contribution in [3.8, 4) is 0 Å². The van der Waals surface area contributed by atoms with Gasteiger partial charge in [0.05, 0.1) is 27.7 Å². The first kappa shape index (κ1) is 88.7. The predicted octanol–water partition coefficient (Wildman–Crippen LogP) is 25.6. The van der Waals surface area contributed by atoms with E-state index < -0.39 is 26.5 Å². The molecule has 0 saturated carbocycles. The smallest absolute Gasteiger partial charge is 0.462 e. The molecule has 532 valence electrons. The van der Waals surface area contributed by atoms with Gasteiger partial charge in [0.1, 0.15) is 19.8 Å².